The Kier molecular flexibility index (Phi) is 5.30. The molecule has 1 heterocycles. The Hall–Kier alpha value is -2.76. The number of allylic oxidation sites excluding steroid dienone is 2. The van der Waals surface area contributed by atoms with Crippen molar-refractivity contribution in [2.75, 3.05) is 27.9 Å². The SMILES string of the molecule is COC(=O)CC(c1ccc(OC)c(OC)c1)N1C=C2C=CCC(=O)C2C1. The van der Waals surface area contributed by atoms with Gasteiger partial charge >= 0.3 is 5.97 Å². The summed E-state index contributed by atoms with van der Waals surface area (Å²) in [5.41, 5.74) is 1.90. The van der Waals surface area contributed by atoms with Gasteiger partial charge in [-0.05, 0) is 23.3 Å². The van der Waals surface area contributed by atoms with Crippen LogP contribution in [0, 0.1) is 5.92 Å². The molecule has 0 N–H and O–H groups in total. The molecule has 0 aromatic heterocycles. The third kappa shape index (κ3) is 3.45. The van der Waals surface area contributed by atoms with Gasteiger partial charge in [-0.15, -0.1) is 0 Å². The van der Waals surface area contributed by atoms with E-state index in [-0.39, 0.29) is 30.1 Å². The highest BCUT2D eigenvalue weighted by Gasteiger charge is 2.35. The number of benzene rings is 1. The summed E-state index contributed by atoms with van der Waals surface area (Å²) in [5.74, 6) is 1.00. The number of methoxy groups -OCH3 is 3. The van der Waals surface area contributed by atoms with Gasteiger partial charge in [-0.1, -0.05) is 18.2 Å². The van der Waals surface area contributed by atoms with Crippen molar-refractivity contribution in [1.82, 2.24) is 4.90 Å². The van der Waals surface area contributed by atoms with Crippen LogP contribution in [-0.2, 0) is 14.3 Å². The van der Waals surface area contributed by atoms with E-state index in [1.54, 1.807) is 14.2 Å². The van der Waals surface area contributed by atoms with E-state index in [9.17, 15) is 9.59 Å². The Labute approximate surface area is 153 Å². The molecule has 0 bridgehead atoms. The highest BCUT2D eigenvalue weighted by atomic mass is 16.5. The smallest absolute Gasteiger partial charge is 0.307 e. The van der Waals surface area contributed by atoms with E-state index in [0.717, 1.165) is 11.1 Å². The summed E-state index contributed by atoms with van der Waals surface area (Å²) in [6.07, 6.45) is 6.51. The molecular formula is C20H23NO5. The molecular weight excluding hydrogens is 334 g/mol. The van der Waals surface area contributed by atoms with Crippen LogP contribution in [0.15, 0.2) is 42.1 Å². The molecule has 0 amide bonds. The Morgan fingerprint density at radius 1 is 1.23 bits per heavy atom. The number of ketones is 1. The fraction of sp³-hybridized carbons (Fsp3) is 0.400. The lowest BCUT2D eigenvalue weighted by Gasteiger charge is -2.29. The molecule has 2 aliphatic rings. The molecule has 2 atom stereocenters. The lowest BCUT2D eigenvalue weighted by atomic mass is 9.90. The van der Waals surface area contributed by atoms with Crippen molar-refractivity contribution in [1.29, 1.82) is 0 Å². The van der Waals surface area contributed by atoms with E-state index in [1.165, 1.54) is 7.11 Å². The van der Waals surface area contributed by atoms with Gasteiger partial charge in [0.1, 0.15) is 5.78 Å². The van der Waals surface area contributed by atoms with E-state index in [4.69, 9.17) is 14.2 Å². The fourth-order valence-electron chi connectivity index (χ4n) is 3.50. The summed E-state index contributed by atoms with van der Waals surface area (Å²) in [5, 5.41) is 0. The number of carbonyl (C=O) groups is 2. The fourth-order valence-corrected chi connectivity index (χ4v) is 3.50. The van der Waals surface area contributed by atoms with E-state index in [1.807, 2.05) is 41.5 Å². The highest BCUT2D eigenvalue weighted by molar-refractivity contribution is 5.88. The van der Waals surface area contributed by atoms with Gasteiger partial charge in [-0.3, -0.25) is 9.59 Å². The lowest BCUT2D eigenvalue weighted by molar-refractivity contribution is -0.141. The summed E-state index contributed by atoms with van der Waals surface area (Å²) in [6.45, 7) is 0.564. The largest absolute Gasteiger partial charge is 0.493 e. The molecule has 6 heteroatoms. The van der Waals surface area contributed by atoms with Gasteiger partial charge < -0.3 is 19.1 Å². The standard InChI is InChI=1S/C20H23NO5/c1-24-18-8-7-13(9-19(18)25-2)16(10-20(23)26-3)21-11-14-5-4-6-17(22)15(14)12-21/h4-5,7-9,11,15-16H,6,10,12H2,1-3H3. The third-order valence-corrected chi connectivity index (χ3v) is 4.91. The molecule has 0 radical (unpaired) electrons. The number of carbonyl (C=O) groups excluding carboxylic acids is 2. The van der Waals surface area contributed by atoms with Crippen molar-refractivity contribution >= 4 is 11.8 Å². The summed E-state index contributed by atoms with van der Waals surface area (Å²) < 4.78 is 15.6. The Morgan fingerprint density at radius 3 is 2.65 bits per heavy atom. The first kappa shape index (κ1) is 18.0. The van der Waals surface area contributed by atoms with E-state index in [0.29, 0.717) is 24.5 Å². The molecule has 3 rings (SSSR count). The van der Waals surface area contributed by atoms with Crippen LogP contribution in [0.3, 0.4) is 0 Å². The van der Waals surface area contributed by atoms with Crippen LogP contribution in [0.25, 0.3) is 0 Å². The predicted molar refractivity (Wildman–Crippen MR) is 96.0 cm³/mol. The van der Waals surface area contributed by atoms with Gasteiger partial charge in [0.2, 0.25) is 0 Å². The first-order valence-corrected chi connectivity index (χ1v) is 8.52. The molecule has 0 spiro atoms. The first-order chi connectivity index (χ1) is 12.6. The monoisotopic (exact) mass is 357 g/mol. The predicted octanol–water partition coefficient (Wildman–Crippen LogP) is 2.65. The van der Waals surface area contributed by atoms with Gasteiger partial charge in [0.05, 0.1) is 39.7 Å². The van der Waals surface area contributed by atoms with Crippen LogP contribution >= 0.6 is 0 Å². The number of rotatable bonds is 6. The number of nitrogens with zero attached hydrogens (tertiary/aromatic N) is 1. The second-order valence-corrected chi connectivity index (χ2v) is 6.36. The lowest BCUT2D eigenvalue weighted by Crippen LogP contribution is -2.29. The zero-order chi connectivity index (χ0) is 18.7. The van der Waals surface area contributed by atoms with Crippen molar-refractivity contribution in [3.8, 4) is 11.5 Å². The van der Waals surface area contributed by atoms with Gasteiger partial charge in [0, 0.05) is 19.2 Å². The third-order valence-electron chi connectivity index (χ3n) is 4.91. The summed E-state index contributed by atoms with van der Waals surface area (Å²) in [4.78, 5) is 26.2. The van der Waals surface area contributed by atoms with Crippen molar-refractivity contribution < 1.29 is 23.8 Å². The van der Waals surface area contributed by atoms with Gasteiger partial charge in [-0.2, -0.15) is 0 Å². The van der Waals surface area contributed by atoms with Crippen molar-refractivity contribution in [3.63, 3.8) is 0 Å². The Balaban J connectivity index is 1.94. The molecule has 6 nitrogen and oxygen atoms in total. The first-order valence-electron chi connectivity index (χ1n) is 8.52. The average molecular weight is 357 g/mol. The summed E-state index contributed by atoms with van der Waals surface area (Å²) in [7, 11) is 4.53. The number of hydrogen-bond acceptors (Lipinski definition) is 6. The normalized spacial score (nSPS) is 19.7. The molecule has 26 heavy (non-hydrogen) atoms. The van der Waals surface area contributed by atoms with Crippen LogP contribution in [0.1, 0.15) is 24.4 Å². The summed E-state index contributed by atoms with van der Waals surface area (Å²) >= 11 is 0. The van der Waals surface area contributed by atoms with Crippen LogP contribution in [0.5, 0.6) is 11.5 Å². The van der Waals surface area contributed by atoms with E-state index in [2.05, 4.69) is 0 Å². The van der Waals surface area contributed by atoms with Gasteiger partial charge in [-0.25, -0.2) is 0 Å². The average Bonchev–Trinajstić information content (AvgIpc) is 3.10. The number of Topliss-reactive ketones (excluding diaryl/α,β-unsaturated/α-hetero) is 1. The Bertz CT molecular complexity index is 767. The highest BCUT2D eigenvalue weighted by Crippen LogP contribution is 2.38. The molecule has 1 aliphatic heterocycles. The zero-order valence-electron chi connectivity index (χ0n) is 15.2. The zero-order valence-corrected chi connectivity index (χ0v) is 15.2. The molecule has 1 aliphatic carbocycles. The second kappa shape index (κ2) is 7.64. The van der Waals surface area contributed by atoms with Crippen LogP contribution in [-0.4, -0.2) is 44.5 Å². The Morgan fingerprint density at radius 2 is 2.00 bits per heavy atom. The van der Waals surface area contributed by atoms with E-state index < -0.39 is 0 Å². The number of hydrogen-bond donors (Lipinski definition) is 0. The number of ether oxygens (including phenoxy) is 3. The van der Waals surface area contributed by atoms with Gasteiger partial charge in [0.25, 0.3) is 0 Å². The minimum Gasteiger partial charge on any atom is -0.493 e. The molecule has 1 aromatic rings. The molecule has 138 valence electrons. The van der Waals surface area contributed by atoms with Crippen LogP contribution < -0.4 is 9.47 Å². The van der Waals surface area contributed by atoms with Crippen molar-refractivity contribution in [2.45, 2.75) is 18.9 Å². The quantitative estimate of drug-likeness (QED) is 0.730. The minimum atomic E-state index is -0.306. The molecule has 0 saturated heterocycles. The topological polar surface area (TPSA) is 65.1 Å². The van der Waals surface area contributed by atoms with Crippen molar-refractivity contribution in [2.24, 2.45) is 5.92 Å². The van der Waals surface area contributed by atoms with Gasteiger partial charge in [0.15, 0.2) is 11.5 Å². The molecule has 0 saturated carbocycles. The second-order valence-electron chi connectivity index (χ2n) is 6.36. The van der Waals surface area contributed by atoms with E-state index >= 15 is 0 Å². The van der Waals surface area contributed by atoms with Crippen LogP contribution in [0.2, 0.25) is 0 Å². The maximum atomic E-state index is 12.2. The molecule has 0 fully saturated rings. The minimum absolute atomic E-state index is 0.125. The van der Waals surface area contributed by atoms with Crippen molar-refractivity contribution in [3.05, 3.63) is 47.7 Å². The van der Waals surface area contributed by atoms with Crippen LogP contribution in [0.4, 0.5) is 0 Å². The number of fused-ring (bicyclic) bond motifs is 1. The number of esters is 1. The molecule has 1 aromatic carbocycles. The maximum Gasteiger partial charge on any atom is 0.307 e. The summed E-state index contributed by atoms with van der Waals surface area (Å²) in [6, 6.07) is 5.35. The molecule has 2 unspecified atom stereocenters. The maximum absolute atomic E-state index is 12.2.